The van der Waals surface area contributed by atoms with Crippen molar-refractivity contribution in [1.29, 1.82) is 0 Å². The number of hydrogen-bond donors (Lipinski definition) is 0. The molecule has 0 aliphatic carbocycles. The summed E-state index contributed by atoms with van der Waals surface area (Å²) in [6.07, 6.45) is 0. The molecule has 0 heterocycles. The lowest BCUT2D eigenvalue weighted by Crippen LogP contribution is -2.05. The molecule has 24 heavy (non-hydrogen) atoms. The van der Waals surface area contributed by atoms with Gasteiger partial charge in [-0.15, -0.1) is 0 Å². The van der Waals surface area contributed by atoms with Gasteiger partial charge in [-0.05, 0) is 61.7 Å². The molecule has 122 valence electrons. The molecule has 0 radical (unpaired) electrons. The fourth-order valence-electron chi connectivity index (χ4n) is 2.75. The van der Waals surface area contributed by atoms with Crippen LogP contribution in [0, 0.1) is 13.8 Å². The highest BCUT2D eigenvalue weighted by atomic mass is 32.2. The fourth-order valence-corrected chi connectivity index (χ4v) is 4.79. The van der Waals surface area contributed by atoms with Crippen LogP contribution in [-0.2, 0) is 10.9 Å². The van der Waals surface area contributed by atoms with E-state index in [4.69, 9.17) is 0 Å². The van der Waals surface area contributed by atoms with Gasteiger partial charge in [-0.25, -0.2) is 0 Å². The van der Waals surface area contributed by atoms with Crippen LogP contribution in [0.4, 0.5) is 0 Å². The summed E-state index contributed by atoms with van der Waals surface area (Å²) in [5.74, 6) is 0.569. The van der Waals surface area contributed by atoms with E-state index in [-0.39, 0.29) is 10.9 Å². The predicted octanol–water partition coefficient (Wildman–Crippen LogP) is 6.52. The maximum Gasteiger partial charge on any atom is 0.166 e. The third-order valence-electron chi connectivity index (χ3n) is 4.30. The van der Waals surface area contributed by atoms with Gasteiger partial charge in [0, 0.05) is 0 Å². The lowest BCUT2D eigenvalue weighted by Gasteiger charge is -2.10. The molecule has 0 bridgehead atoms. The van der Waals surface area contributed by atoms with E-state index in [1.54, 1.807) is 0 Å². The van der Waals surface area contributed by atoms with Crippen LogP contribution in [0.1, 0.15) is 36.5 Å². The first-order valence-corrected chi connectivity index (χ1v) is 9.74. The summed E-state index contributed by atoms with van der Waals surface area (Å²) < 4.78 is 0. The Bertz CT molecular complexity index is 735. The molecule has 0 unspecified atom stereocenters. The Morgan fingerprint density at radius 1 is 0.542 bits per heavy atom. The van der Waals surface area contributed by atoms with Gasteiger partial charge in [0.2, 0.25) is 0 Å². The van der Waals surface area contributed by atoms with Crippen molar-refractivity contribution in [3.05, 3.63) is 89.5 Å². The van der Waals surface area contributed by atoms with E-state index in [0.29, 0.717) is 5.92 Å². The molecule has 0 atom stereocenters. The molecule has 0 aliphatic rings. The number of benzene rings is 3. The Morgan fingerprint density at radius 2 is 0.875 bits per heavy atom. The van der Waals surface area contributed by atoms with Crippen molar-refractivity contribution >= 4 is 10.9 Å². The zero-order valence-electron chi connectivity index (χ0n) is 14.9. The average Bonchev–Trinajstić information content (AvgIpc) is 2.59. The van der Waals surface area contributed by atoms with E-state index >= 15 is 0 Å². The third kappa shape index (κ3) is 3.73. The van der Waals surface area contributed by atoms with Gasteiger partial charge in [0.05, 0.1) is 10.9 Å². The van der Waals surface area contributed by atoms with Gasteiger partial charge in [-0.1, -0.05) is 61.4 Å². The van der Waals surface area contributed by atoms with Crippen LogP contribution in [0.3, 0.4) is 0 Å². The molecule has 0 nitrogen and oxygen atoms in total. The van der Waals surface area contributed by atoms with Crippen LogP contribution in [-0.4, -0.2) is 0 Å². The normalized spacial score (nSPS) is 11.2. The largest absolute Gasteiger partial charge is 0.166 e. The summed E-state index contributed by atoms with van der Waals surface area (Å²) in [5, 5.41) is 0. The topological polar surface area (TPSA) is 0 Å². The molecule has 0 saturated heterocycles. The number of hydrogen-bond acceptors (Lipinski definition) is 0. The van der Waals surface area contributed by atoms with Gasteiger partial charge in [0.1, 0.15) is 0 Å². The third-order valence-corrected chi connectivity index (χ3v) is 6.53. The highest BCUT2D eigenvalue weighted by Gasteiger charge is 2.28. The van der Waals surface area contributed by atoms with Crippen molar-refractivity contribution in [2.75, 3.05) is 0 Å². The second kappa shape index (κ2) is 7.27. The van der Waals surface area contributed by atoms with Gasteiger partial charge in [-0.2, -0.15) is 0 Å². The smallest absolute Gasteiger partial charge is 0.0587 e. The molecule has 0 saturated carbocycles. The maximum absolute atomic E-state index is 2.30. The minimum atomic E-state index is -0.0527. The molecule has 0 spiro atoms. The van der Waals surface area contributed by atoms with E-state index in [1.165, 1.54) is 31.4 Å². The van der Waals surface area contributed by atoms with Crippen LogP contribution in [0.25, 0.3) is 0 Å². The molecule has 1 heteroatoms. The molecule has 0 N–H and O–H groups in total. The van der Waals surface area contributed by atoms with Crippen LogP contribution >= 0.6 is 0 Å². The van der Waals surface area contributed by atoms with E-state index in [2.05, 4.69) is 100 Å². The molecule has 0 aliphatic heterocycles. The van der Waals surface area contributed by atoms with Gasteiger partial charge in [0.25, 0.3) is 0 Å². The minimum Gasteiger partial charge on any atom is -0.0587 e. The highest BCUT2D eigenvalue weighted by molar-refractivity contribution is 7.97. The summed E-state index contributed by atoms with van der Waals surface area (Å²) in [4.78, 5) is 4.13. The lowest BCUT2D eigenvalue weighted by molar-refractivity contribution is 0.864. The summed E-state index contributed by atoms with van der Waals surface area (Å²) in [5.41, 5.74) is 4.01. The van der Waals surface area contributed by atoms with Gasteiger partial charge in [-0.3, -0.25) is 0 Å². The van der Waals surface area contributed by atoms with E-state index in [0.717, 1.165) is 0 Å². The zero-order chi connectivity index (χ0) is 17.1. The van der Waals surface area contributed by atoms with Crippen LogP contribution in [0.5, 0.6) is 0 Å². The minimum absolute atomic E-state index is 0.0527. The van der Waals surface area contributed by atoms with Crippen LogP contribution < -0.4 is 0 Å². The lowest BCUT2D eigenvalue weighted by atomic mass is 10.0. The monoisotopic (exact) mass is 333 g/mol. The first-order valence-electron chi connectivity index (χ1n) is 8.52. The molecule has 3 aromatic rings. The molecule has 0 amide bonds. The van der Waals surface area contributed by atoms with E-state index in [9.17, 15) is 0 Å². The second-order valence-corrected chi connectivity index (χ2v) is 8.68. The predicted molar refractivity (Wildman–Crippen MR) is 105 cm³/mol. The number of aryl methyl sites for hydroxylation is 2. The fraction of sp³-hybridized carbons (Fsp3) is 0.217. The van der Waals surface area contributed by atoms with Gasteiger partial charge in [0.15, 0.2) is 14.7 Å². The maximum atomic E-state index is 2.30. The van der Waals surface area contributed by atoms with Crippen molar-refractivity contribution in [3.63, 3.8) is 0 Å². The SMILES string of the molecule is Cc1ccc([S+](c2ccc(C)cc2)c2ccc(C(C)C)cc2)cc1. The van der Waals surface area contributed by atoms with E-state index in [1.807, 2.05) is 0 Å². The summed E-state index contributed by atoms with van der Waals surface area (Å²) in [7, 11) is -0.0527. The molecule has 3 aromatic carbocycles. The van der Waals surface area contributed by atoms with Gasteiger partial charge >= 0.3 is 0 Å². The number of rotatable bonds is 4. The first-order chi connectivity index (χ1) is 11.5. The Labute approximate surface area is 148 Å². The average molecular weight is 334 g/mol. The zero-order valence-corrected chi connectivity index (χ0v) is 15.7. The van der Waals surface area contributed by atoms with Crippen molar-refractivity contribution in [1.82, 2.24) is 0 Å². The quantitative estimate of drug-likeness (QED) is 0.477. The molecule has 3 rings (SSSR count). The molecule has 0 aromatic heterocycles. The second-order valence-electron chi connectivity index (χ2n) is 6.66. The standard InChI is InChI=1S/C23H25S/c1-17(2)20-9-15-23(16-10-20)24(21-11-5-18(3)6-12-21)22-13-7-19(4)8-14-22/h5-17H,1-4H3/q+1. The summed E-state index contributed by atoms with van der Waals surface area (Å²) >= 11 is 0. The summed E-state index contributed by atoms with van der Waals surface area (Å²) in [6.45, 7) is 8.78. The Balaban J connectivity index is 2.07. The van der Waals surface area contributed by atoms with Crippen molar-refractivity contribution in [3.8, 4) is 0 Å². The van der Waals surface area contributed by atoms with Crippen molar-refractivity contribution in [2.24, 2.45) is 0 Å². The molecule has 0 fully saturated rings. The van der Waals surface area contributed by atoms with Crippen molar-refractivity contribution < 1.29 is 0 Å². The first kappa shape index (κ1) is 16.9. The Morgan fingerprint density at radius 3 is 1.21 bits per heavy atom. The van der Waals surface area contributed by atoms with Gasteiger partial charge < -0.3 is 0 Å². The summed E-state index contributed by atoms with van der Waals surface area (Å²) in [6, 6.07) is 27.1. The Kier molecular flexibility index (Phi) is 5.11. The van der Waals surface area contributed by atoms with E-state index < -0.39 is 0 Å². The molecular formula is C23H25S+. The molecular weight excluding hydrogens is 308 g/mol. The Hall–Kier alpha value is -1.99. The van der Waals surface area contributed by atoms with Crippen molar-refractivity contribution in [2.45, 2.75) is 48.3 Å². The van der Waals surface area contributed by atoms with Crippen LogP contribution in [0.2, 0.25) is 0 Å². The highest BCUT2D eigenvalue weighted by Crippen LogP contribution is 2.32. The van der Waals surface area contributed by atoms with Crippen LogP contribution in [0.15, 0.2) is 87.5 Å².